The Morgan fingerprint density at radius 2 is 2.10 bits per heavy atom. The van der Waals surface area contributed by atoms with Crippen molar-refractivity contribution in [1.82, 2.24) is 5.32 Å². The van der Waals surface area contributed by atoms with Crippen LogP contribution >= 0.6 is 23.4 Å². The maximum atomic E-state index is 6.22. The van der Waals surface area contributed by atoms with Gasteiger partial charge >= 0.3 is 0 Å². The standard InChI is InChI=1S/C16H24ClNOS/c1-2-18-14(11-13-7-9-19-10-8-13)12-20-16-6-4-3-5-15(16)17/h3-6,13-14,18H,2,7-12H2,1H3. The molecule has 1 heterocycles. The van der Waals surface area contributed by atoms with Crippen molar-refractivity contribution in [3.05, 3.63) is 29.3 Å². The Morgan fingerprint density at radius 3 is 2.80 bits per heavy atom. The number of rotatable bonds is 7. The van der Waals surface area contributed by atoms with Crippen LogP contribution in [0.5, 0.6) is 0 Å². The highest BCUT2D eigenvalue weighted by atomic mass is 35.5. The van der Waals surface area contributed by atoms with Gasteiger partial charge in [0.2, 0.25) is 0 Å². The molecule has 1 fully saturated rings. The zero-order valence-electron chi connectivity index (χ0n) is 12.1. The first kappa shape index (κ1) is 16.2. The summed E-state index contributed by atoms with van der Waals surface area (Å²) >= 11 is 8.08. The van der Waals surface area contributed by atoms with Crippen molar-refractivity contribution in [3.8, 4) is 0 Å². The zero-order chi connectivity index (χ0) is 14.2. The fourth-order valence-corrected chi connectivity index (χ4v) is 3.95. The molecule has 1 atom stereocenters. The lowest BCUT2D eigenvalue weighted by Gasteiger charge is -2.27. The van der Waals surface area contributed by atoms with Crippen LogP contribution in [-0.2, 0) is 4.74 Å². The van der Waals surface area contributed by atoms with E-state index in [4.69, 9.17) is 16.3 Å². The van der Waals surface area contributed by atoms with Crippen LogP contribution in [0.4, 0.5) is 0 Å². The molecular weight excluding hydrogens is 290 g/mol. The molecule has 0 aromatic heterocycles. The van der Waals surface area contributed by atoms with E-state index < -0.39 is 0 Å². The molecule has 0 amide bonds. The smallest absolute Gasteiger partial charge is 0.0541 e. The molecule has 0 saturated carbocycles. The lowest BCUT2D eigenvalue weighted by Crippen LogP contribution is -2.34. The maximum Gasteiger partial charge on any atom is 0.0541 e. The third kappa shape index (κ3) is 5.28. The Hall–Kier alpha value is -0.220. The van der Waals surface area contributed by atoms with E-state index in [1.165, 1.54) is 24.2 Å². The first-order valence-corrected chi connectivity index (χ1v) is 8.84. The molecule has 1 aliphatic rings. The molecule has 1 unspecified atom stereocenters. The van der Waals surface area contributed by atoms with Gasteiger partial charge in [0.1, 0.15) is 0 Å². The fraction of sp³-hybridized carbons (Fsp3) is 0.625. The third-order valence-electron chi connectivity index (χ3n) is 3.73. The van der Waals surface area contributed by atoms with E-state index in [-0.39, 0.29) is 0 Å². The molecule has 1 saturated heterocycles. The molecule has 0 bridgehead atoms. The van der Waals surface area contributed by atoms with Gasteiger partial charge in [-0.05, 0) is 43.9 Å². The van der Waals surface area contributed by atoms with E-state index in [1.807, 2.05) is 23.9 Å². The Bertz CT molecular complexity index is 396. The molecule has 2 nitrogen and oxygen atoms in total. The molecule has 1 aromatic carbocycles. The van der Waals surface area contributed by atoms with Crippen molar-refractivity contribution in [3.63, 3.8) is 0 Å². The molecule has 112 valence electrons. The van der Waals surface area contributed by atoms with Gasteiger partial charge < -0.3 is 10.1 Å². The van der Waals surface area contributed by atoms with Crippen molar-refractivity contribution >= 4 is 23.4 Å². The maximum absolute atomic E-state index is 6.22. The molecule has 0 aliphatic carbocycles. The average molecular weight is 314 g/mol. The Labute approximate surface area is 131 Å². The van der Waals surface area contributed by atoms with Crippen LogP contribution < -0.4 is 5.32 Å². The van der Waals surface area contributed by atoms with E-state index in [9.17, 15) is 0 Å². The average Bonchev–Trinajstić information content (AvgIpc) is 2.47. The largest absolute Gasteiger partial charge is 0.381 e. The number of benzene rings is 1. The SMILES string of the molecule is CCNC(CSc1ccccc1Cl)CC1CCOCC1. The normalized spacial score (nSPS) is 18.1. The Kier molecular flexibility index (Phi) is 7.22. The van der Waals surface area contributed by atoms with E-state index in [0.717, 1.165) is 36.5 Å². The second kappa shape index (κ2) is 8.93. The number of nitrogens with one attached hydrogen (secondary N) is 1. The van der Waals surface area contributed by atoms with Crippen LogP contribution in [0.2, 0.25) is 5.02 Å². The van der Waals surface area contributed by atoms with Crippen molar-refractivity contribution in [1.29, 1.82) is 0 Å². The molecule has 0 spiro atoms. The molecular formula is C16H24ClNOS. The third-order valence-corrected chi connectivity index (χ3v) is 5.41. The number of hydrogen-bond acceptors (Lipinski definition) is 3. The lowest BCUT2D eigenvalue weighted by atomic mass is 9.93. The summed E-state index contributed by atoms with van der Waals surface area (Å²) in [6.45, 7) is 5.07. The Balaban J connectivity index is 1.83. The van der Waals surface area contributed by atoms with Gasteiger partial charge in [-0.3, -0.25) is 0 Å². The number of ether oxygens (including phenoxy) is 1. The molecule has 1 N–H and O–H groups in total. The summed E-state index contributed by atoms with van der Waals surface area (Å²) in [5.41, 5.74) is 0. The predicted octanol–water partition coefficient (Wildman–Crippen LogP) is 4.23. The van der Waals surface area contributed by atoms with E-state index in [1.54, 1.807) is 0 Å². The van der Waals surface area contributed by atoms with Gasteiger partial charge in [-0.1, -0.05) is 30.7 Å². The summed E-state index contributed by atoms with van der Waals surface area (Å²) in [6.07, 6.45) is 3.66. The van der Waals surface area contributed by atoms with Gasteiger partial charge in [-0.2, -0.15) is 0 Å². The van der Waals surface area contributed by atoms with Crippen LogP contribution in [0.25, 0.3) is 0 Å². The van der Waals surface area contributed by atoms with Crippen molar-refractivity contribution in [2.75, 3.05) is 25.5 Å². The quantitative estimate of drug-likeness (QED) is 0.761. The van der Waals surface area contributed by atoms with Gasteiger partial charge in [0.25, 0.3) is 0 Å². The summed E-state index contributed by atoms with van der Waals surface area (Å²) in [5.74, 6) is 1.88. The summed E-state index contributed by atoms with van der Waals surface area (Å²) in [7, 11) is 0. The van der Waals surface area contributed by atoms with Gasteiger partial charge in [0.05, 0.1) is 5.02 Å². The van der Waals surface area contributed by atoms with E-state index in [2.05, 4.69) is 24.4 Å². The van der Waals surface area contributed by atoms with Crippen molar-refractivity contribution in [2.45, 2.75) is 37.1 Å². The fourth-order valence-electron chi connectivity index (χ4n) is 2.64. The van der Waals surface area contributed by atoms with Crippen LogP contribution in [-0.4, -0.2) is 31.6 Å². The molecule has 1 aliphatic heterocycles. The van der Waals surface area contributed by atoms with Gasteiger partial charge in [0.15, 0.2) is 0 Å². The molecule has 20 heavy (non-hydrogen) atoms. The highest BCUT2D eigenvalue weighted by Gasteiger charge is 2.19. The lowest BCUT2D eigenvalue weighted by molar-refractivity contribution is 0.0614. The number of thioether (sulfide) groups is 1. The zero-order valence-corrected chi connectivity index (χ0v) is 13.7. The number of halogens is 1. The summed E-state index contributed by atoms with van der Waals surface area (Å²) in [5, 5.41) is 4.47. The predicted molar refractivity (Wildman–Crippen MR) is 87.8 cm³/mol. The van der Waals surface area contributed by atoms with Crippen LogP contribution in [0.1, 0.15) is 26.2 Å². The van der Waals surface area contributed by atoms with Crippen LogP contribution in [0.15, 0.2) is 29.2 Å². The first-order valence-electron chi connectivity index (χ1n) is 7.48. The van der Waals surface area contributed by atoms with Crippen molar-refractivity contribution < 1.29 is 4.74 Å². The summed E-state index contributed by atoms with van der Waals surface area (Å²) < 4.78 is 5.44. The highest BCUT2D eigenvalue weighted by Crippen LogP contribution is 2.29. The minimum atomic E-state index is 0.560. The molecule has 4 heteroatoms. The van der Waals surface area contributed by atoms with Gasteiger partial charge in [-0.15, -0.1) is 11.8 Å². The molecule has 0 radical (unpaired) electrons. The highest BCUT2D eigenvalue weighted by molar-refractivity contribution is 7.99. The van der Waals surface area contributed by atoms with Gasteiger partial charge in [0, 0.05) is 29.9 Å². The van der Waals surface area contributed by atoms with Crippen LogP contribution in [0.3, 0.4) is 0 Å². The summed E-state index contributed by atoms with van der Waals surface area (Å²) in [4.78, 5) is 1.18. The summed E-state index contributed by atoms with van der Waals surface area (Å²) in [6, 6.07) is 8.66. The van der Waals surface area contributed by atoms with Crippen LogP contribution in [0, 0.1) is 5.92 Å². The minimum absolute atomic E-state index is 0.560. The van der Waals surface area contributed by atoms with E-state index >= 15 is 0 Å². The minimum Gasteiger partial charge on any atom is -0.381 e. The second-order valence-electron chi connectivity index (χ2n) is 5.29. The number of hydrogen-bond donors (Lipinski definition) is 1. The van der Waals surface area contributed by atoms with Crippen molar-refractivity contribution in [2.24, 2.45) is 5.92 Å². The van der Waals surface area contributed by atoms with Gasteiger partial charge in [-0.25, -0.2) is 0 Å². The molecule has 2 rings (SSSR count). The molecule has 1 aromatic rings. The topological polar surface area (TPSA) is 21.3 Å². The first-order chi connectivity index (χ1) is 9.79. The van der Waals surface area contributed by atoms with E-state index in [0.29, 0.717) is 6.04 Å². The monoisotopic (exact) mass is 313 g/mol. The Morgan fingerprint density at radius 1 is 1.35 bits per heavy atom. The second-order valence-corrected chi connectivity index (χ2v) is 6.76.